The lowest BCUT2D eigenvalue weighted by Crippen LogP contribution is -2.21. The van der Waals surface area contributed by atoms with E-state index in [1.54, 1.807) is 0 Å². The average molecular weight is 189 g/mol. The van der Waals surface area contributed by atoms with Gasteiger partial charge in [-0.15, -0.1) is 0 Å². The fourth-order valence-electron chi connectivity index (χ4n) is 1.99. The van der Waals surface area contributed by atoms with Gasteiger partial charge in [-0.3, -0.25) is 0 Å². The molecule has 1 saturated carbocycles. The van der Waals surface area contributed by atoms with Crippen LogP contribution in [0.4, 0.5) is 0 Å². The van der Waals surface area contributed by atoms with Crippen LogP contribution in [0.25, 0.3) is 0 Å². The zero-order chi connectivity index (χ0) is 10.3. The molecule has 0 aromatic heterocycles. The van der Waals surface area contributed by atoms with Crippen LogP contribution < -0.4 is 5.73 Å². The van der Waals surface area contributed by atoms with Crippen LogP contribution in [0.1, 0.15) is 42.5 Å². The summed E-state index contributed by atoms with van der Waals surface area (Å²) < 4.78 is 0. The van der Waals surface area contributed by atoms with Crippen molar-refractivity contribution in [2.45, 2.75) is 39.7 Å². The predicted octanol–water partition coefficient (Wildman–Crippen LogP) is 3.10. The third-order valence-electron chi connectivity index (χ3n) is 3.77. The second-order valence-electron chi connectivity index (χ2n) is 4.92. The van der Waals surface area contributed by atoms with Crippen molar-refractivity contribution < 1.29 is 0 Å². The highest BCUT2D eigenvalue weighted by Gasteiger charge is 2.43. The van der Waals surface area contributed by atoms with E-state index in [1.165, 1.54) is 29.5 Å². The molecule has 1 nitrogen and oxygen atoms in total. The van der Waals surface area contributed by atoms with Crippen molar-refractivity contribution in [1.82, 2.24) is 0 Å². The van der Waals surface area contributed by atoms with E-state index in [-0.39, 0.29) is 6.04 Å². The molecule has 1 aromatic rings. The number of hydrogen-bond acceptors (Lipinski definition) is 1. The second kappa shape index (κ2) is 3.09. The Morgan fingerprint density at radius 3 is 2.50 bits per heavy atom. The molecule has 0 bridgehead atoms. The lowest BCUT2D eigenvalue weighted by Gasteiger charge is -2.22. The van der Waals surface area contributed by atoms with Gasteiger partial charge in [0.25, 0.3) is 0 Å². The van der Waals surface area contributed by atoms with Crippen molar-refractivity contribution in [3.8, 4) is 0 Å². The van der Waals surface area contributed by atoms with E-state index in [1.807, 2.05) is 0 Å². The maximum Gasteiger partial charge on any atom is 0.0352 e. The highest BCUT2D eigenvalue weighted by Crippen LogP contribution is 2.53. The van der Waals surface area contributed by atoms with Gasteiger partial charge in [0.15, 0.2) is 0 Å². The Morgan fingerprint density at radius 2 is 1.93 bits per heavy atom. The van der Waals surface area contributed by atoms with Crippen LogP contribution in [0.5, 0.6) is 0 Å². The van der Waals surface area contributed by atoms with Gasteiger partial charge in [-0.2, -0.15) is 0 Å². The van der Waals surface area contributed by atoms with Crippen LogP contribution in [-0.4, -0.2) is 0 Å². The van der Waals surface area contributed by atoms with Crippen molar-refractivity contribution in [2.24, 2.45) is 11.1 Å². The normalized spacial score (nSPS) is 20.6. The van der Waals surface area contributed by atoms with Gasteiger partial charge in [0, 0.05) is 6.04 Å². The largest absolute Gasteiger partial charge is 0.323 e. The molecule has 0 amide bonds. The summed E-state index contributed by atoms with van der Waals surface area (Å²) in [6.07, 6.45) is 2.56. The molecular formula is C13H19N. The Bertz CT molecular complexity index is 350. The quantitative estimate of drug-likeness (QED) is 0.760. The van der Waals surface area contributed by atoms with E-state index in [0.717, 1.165) is 0 Å². The summed E-state index contributed by atoms with van der Waals surface area (Å²) in [4.78, 5) is 0. The first-order chi connectivity index (χ1) is 6.54. The van der Waals surface area contributed by atoms with Gasteiger partial charge in [0.2, 0.25) is 0 Å². The zero-order valence-corrected chi connectivity index (χ0v) is 9.30. The molecule has 14 heavy (non-hydrogen) atoms. The molecule has 0 radical (unpaired) electrons. The number of hydrogen-bond donors (Lipinski definition) is 1. The smallest absolute Gasteiger partial charge is 0.0352 e. The summed E-state index contributed by atoms with van der Waals surface area (Å²) in [6, 6.07) is 6.67. The number of nitrogens with two attached hydrogens (primary N) is 1. The SMILES string of the molecule is Cc1cccc(C(N)C2(C)CC2)c1C. The monoisotopic (exact) mass is 189 g/mol. The molecule has 1 unspecified atom stereocenters. The van der Waals surface area contributed by atoms with Crippen molar-refractivity contribution in [3.05, 3.63) is 34.9 Å². The Kier molecular flexibility index (Phi) is 2.15. The van der Waals surface area contributed by atoms with E-state index in [4.69, 9.17) is 5.73 Å². The van der Waals surface area contributed by atoms with Gasteiger partial charge in [0.05, 0.1) is 0 Å². The highest BCUT2D eigenvalue weighted by atomic mass is 14.7. The minimum Gasteiger partial charge on any atom is -0.323 e. The molecule has 76 valence electrons. The predicted molar refractivity (Wildman–Crippen MR) is 60.2 cm³/mol. The second-order valence-corrected chi connectivity index (χ2v) is 4.92. The number of aryl methyl sites for hydroxylation is 1. The molecule has 2 N–H and O–H groups in total. The first-order valence-electron chi connectivity index (χ1n) is 5.36. The van der Waals surface area contributed by atoms with Crippen LogP contribution in [0.2, 0.25) is 0 Å². The van der Waals surface area contributed by atoms with Crippen molar-refractivity contribution >= 4 is 0 Å². The Hall–Kier alpha value is -0.820. The third kappa shape index (κ3) is 1.46. The van der Waals surface area contributed by atoms with E-state index in [0.29, 0.717) is 5.41 Å². The molecule has 1 fully saturated rings. The summed E-state index contributed by atoms with van der Waals surface area (Å²) in [7, 11) is 0. The van der Waals surface area contributed by atoms with E-state index >= 15 is 0 Å². The van der Waals surface area contributed by atoms with Gasteiger partial charge >= 0.3 is 0 Å². The summed E-state index contributed by atoms with van der Waals surface area (Å²) in [5, 5.41) is 0. The number of benzene rings is 1. The van der Waals surface area contributed by atoms with Crippen LogP contribution in [-0.2, 0) is 0 Å². The average Bonchev–Trinajstić information content (AvgIpc) is 2.89. The maximum atomic E-state index is 6.30. The van der Waals surface area contributed by atoms with Crippen LogP contribution in [0.3, 0.4) is 0 Å². The van der Waals surface area contributed by atoms with Crippen molar-refractivity contribution in [2.75, 3.05) is 0 Å². The molecule has 1 aliphatic carbocycles. The molecular weight excluding hydrogens is 170 g/mol. The third-order valence-corrected chi connectivity index (χ3v) is 3.77. The van der Waals surface area contributed by atoms with Crippen molar-refractivity contribution in [1.29, 1.82) is 0 Å². The minimum atomic E-state index is 0.224. The van der Waals surface area contributed by atoms with Gasteiger partial charge < -0.3 is 5.73 Å². The van der Waals surface area contributed by atoms with Gasteiger partial charge in [-0.05, 0) is 48.8 Å². The minimum absolute atomic E-state index is 0.224. The fourth-order valence-corrected chi connectivity index (χ4v) is 1.99. The molecule has 0 saturated heterocycles. The Morgan fingerprint density at radius 1 is 1.29 bits per heavy atom. The first-order valence-corrected chi connectivity index (χ1v) is 5.36. The van der Waals surface area contributed by atoms with Crippen molar-refractivity contribution in [3.63, 3.8) is 0 Å². The summed E-state index contributed by atoms with van der Waals surface area (Å²) in [6.45, 7) is 6.62. The van der Waals surface area contributed by atoms with E-state index < -0.39 is 0 Å². The molecule has 2 rings (SSSR count). The first kappa shape index (κ1) is 9.72. The standard InChI is InChI=1S/C13H19N/c1-9-5-4-6-11(10(9)2)12(14)13(3)7-8-13/h4-6,12H,7-8,14H2,1-3H3. The molecule has 0 heterocycles. The Balaban J connectivity index is 2.36. The highest BCUT2D eigenvalue weighted by molar-refractivity contribution is 5.36. The Labute approximate surface area is 86.3 Å². The maximum absolute atomic E-state index is 6.30. The van der Waals surface area contributed by atoms with Gasteiger partial charge in [0.1, 0.15) is 0 Å². The lowest BCUT2D eigenvalue weighted by atomic mass is 9.88. The summed E-state index contributed by atoms with van der Waals surface area (Å²) >= 11 is 0. The number of rotatable bonds is 2. The summed E-state index contributed by atoms with van der Waals surface area (Å²) in [5.74, 6) is 0. The fraction of sp³-hybridized carbons (Fsp3) is 0.538. The summed E-state index contributed by atoms with van der Waals surface area (Å²) in [5.41, 5.74) is 10.7. The molecule has 1 heteroatoms. The van der Waals surface area contributed by atoms with E-state index in [2.05, 4.69) is 39.0 Å². The topological polar surface area (TPSA) is 26.0 Å². The van der Waals surface area contributed by atoms with E-state index in [9.17, 15) is 0 Å². The van der Waals surface area contributed by atoms with Gasteiger partial charge in [-0.25, -0.2) is 0 Å². The molecule has 0 spiro atoms. The van der Waals surface area contributed by atoms with Gasteiger partial charge in [-0.1, -0.05) is 25.1 Å². The molecule has 0 aliphatic heterocycles. The molecule has 1 atom stereocenters. The molecule has 1 aliphatic rings. The van der Waals surface area contributed by atoms with Crippen LogP contribution in [0, 0.1) is 19.3 Å². The van der Waals surface area contributed by atoms with Crippen LogP contribution in [0.15, 0.2) is 18.2 Å². The zero-order valence-electron chi connectivity index (χ0n) is 9.30. The molecule has 1 aromatic carbocycles. The van der Waals surface area contributed by atoms with Crippen LogP contribution >= 0.6 is 0 Å². The lowest BCUT2D eigenvalue weighted by molar-refractivity contribution is 0.449.